The van der Waals surface area contributed by atoms with Crippen LogP contribution in [0.15, 0.2) is 107 Å². The van der Waals surface area contributed by atoms with Gasteiger partial charge in [0.05, 0.1) is 11.7 Å². The quantitative estimate of drug-likeness (QED) is 0.181. The summed E-state index contributed by atoms with van der Waals surface area (Å²) < 4.78 is 7.09. The fourth-order valence-electron chi connectivity index (χ4n) is 5.50. The summed E-state index contributed by atoms with van der Waals surface area (Å²) in [7, 11) is 0. The highest BCUT2D eigenvalue weighted by atomic mass is 79.9. The van der Waals surface area contributed by atoms with Crippen LogP contribution in [0.1, 0.15) is 46.2 Å². The Hall–Kier alpha value is -3.34. The summed E-state index contributed by atoms with van der Waals surface area (Å²) in [4.78, 5) is 4.77. The maximum atomic E-state index is 6.12. The SMILES string of the molecule is Cc1ccc2c(c1)[C@@H]1C=CC[C@@H]1[C@H](c1ccc(N=Cc3cc(Br)ccc3OCc3cccc(Cl)c3)cc1)N2. The number of nitrogens with zero attached hydrogens (tertiary/aromatic N) is 1. The van der Waals surface area contributed by atoms with Crippen molar-refractivity contribution in [3.05, 3.63) is 134 Å². The standard InChI is InChI=1S/C33H28BrClN2O/c1-21-8-14-31-30(16-21)28-6-3-7-29(28)33(37-31)23-9-12-27(13-10-23)36-19-24-18-25(34)11-15-32(24)38-20-22-4-2-5-26(35)17-22/h2-6,8-19,28-29,33,37H,7,20H2,1H3/t28-,29+,33+/m1/s1. The molecule has 3 nitrogen and oxygen atoms in total. The third-order valence-electron chi connectivity index (χ3n) is 7.38. The molecule has 0 amide bonds. The minimum Gasteiger partial charge on any atom is -0.488 e. The lowest BCUT2D eigenvalue weighted by atomic mass is 9.76. The Morgan fingerprint density at radius 3 is 2.74 bits per heavy atom. The largest absolute Gasteiger partial charge is 0.488 e. The minimum atomic E-state index is 0.278. The zero-order valence-corrected chi connectivity index (χ0v) is 23.4. The monoisotopic (exact) mass is 582 g/mol. The van der Waals surface area contributed by atoms with Crippen LogP contribution in [0.2, 0.25) is 5.02 Å². The van der Waals surface area contributed by atoms with E-state index in [1.807, 2.05) is 48.7 Å². The number of hydrogen-bond donors (Lipinski definition) is 1. The molecule has 4 aromatic carbocycles. The molecule has 0 aromatic heterocycles. The predicted octanol–water partition coefficient (Wildman–Crippen LogP) is 9.57. The predicted molar refractivity (Wildman–Crippen MR) is 161 cm³/mol. The molecule has 6 rings (SSSR count). The first kappa shape index (κ1) is 25.0. The molecular formula is C33H28BrClN2O. The number of halogens is 2. The van der Waals surface area contributed by atoms with Crippen molar-refractivity contribution < 1.29 is 4.74 Å². The van der Waals surface area contributed by atoms with E-state index in [-0.39, 0.29) is 6.04 Å². The molecule has 0 saturated heterocycles. The van der Waals surface area contributed by atoms with Crippen molar-refractivity contribution in [2.75, 3.05) is 5.32 Å². The number of nitrogens with one attached hydrogen (secondary N) is 1. The number of benzene rings is 4. The van der Waals surface area contributed by atoms with Crippen LogP contribution in [0.3, 0.4) is 0 Å². The molecule has 1 aliphatic heterocycles. The molecule has 0 bridgehead atoms. The number of allylic oxidation sites excluding steroid dienone is 2. The third-order valence-corrected chi connectivity index (χ3v) is 8.11. The van der Waals surface area contributed by atoms with Crippen molar-refractivity contribution in [1.82, 2.24) is 0 Å². The lowest BCUT2D eigenvalue weighted by molar-refractivity contribution is 0.306. The van der Waals surface area contributed by atoms with Gasteiger partial charge in [0.2, 0.25) is 0 Å². The van der Waals surface area contributed by atoms with Crippen LogP contribution in [-0.4, -0.2) is 6.21 Å². The fourth-order valence-corrected chi connectivity index (χ4v) is 6.09. The molecule has 0 spiro atoms. The van der Waals surface area contributed by atoms with Gasteiger partial charge in [-0.1, -0.05) is 81.6 Å². The van der Waals surface area contributed by atoms with Gasteiger partial charge in [0.15, 0.2) is 0 Å². The molecule has 190 valence electrons. The average Bonchev–Trinajstić information content (AvgIpc) is 3.42. The van der Waals surface area contributed by atoms with Crippen molar-refractivity contribution in [2.45, 2.75) is 31.9 Å². The van der Waals surface area contributed by atoms with Crippen molar-refractivity contribution >= 4 is 45.1 Å². The molecule has 4 aromatic rings. The molecule has 3 atom stereocenters. The molecular weight excluding hydrogens is 556 g/mol. The summed E-state index contributed by atoms with van der Waals surface area (Å²) in [6.45, 7) is 2.60. The topological polar surface area (TPSA) is 33.6 Å². The highest BCUT2D eigenvalue weighted by Crippen LogP contribution is 2.50. The van der Waals surface area contributed by atoms with Crippen molar-refractivity contribution in [3.63, 3.8) is 0 Å². The summed E-state index contributed by atoms with van der Waals surface area (Å²) in [6, 6.07) is 29.3. The maximum Gasteiger partial charge on any atom is 0.128 e. The van der Waals surface area contributed by atoms with E-state index < -0.39 is 0 Å². The van der Waals surface area contributed by atoms with Crippen molar-refractivity contribution in [2.24, 2.45) is 10.9 Å². The molecule has 1 heterocycles. The van der Waals surface area contributed by atoms with E-state index in [2.05, 4.69) is 82.8 Å². The number of ether oxygens (including phenoxy) is 1. The van der Waals surface area contributed by atoms with Gasteiger partial charge in [-0.2, -0.15) is 0 Å². The number of aliphatic imine (C=N–C) groups is 1. The fraction of sp³-hybridized carbons (Fsp3) is 0.182. The number of anilines is 1. The van der Waals surface area contributed by atoms with Crippen molar-refractivity contribution in [1.29, 1.82) is 0 Å². The lowest BCUT2D eigenvalue weighted by Crippen LogP contribution is -2.29. The van der Waals surface area contributed by atoms with Crippen molar-refractivity contribution in [3.8, 4) is 5.75 Å². The normalized spacial score (nSPS) is 19.7. The van der Waals surface area contributed by atoms with E-state index in [1.54, 1.807) is 0 Å². The Kier molecular flexibility index (Phi) is 7.10. The van der Waals surface area contributed by atoms with E-state index in [0.29, 0.717) is 23.5 Å². The molecule has 38 heavy (non-hydrogen) atoms. The van der Waals surface area contributed by atoms with Gasteiger partial charge in [0, 0.05) is 32.9 Å². The highest BCUT2D eigenvalue weighted by Gasteiger charge is 2.37. The van der Waals surface area contributed by atoms with E-state index in [4.69, 9.17) is 21.3 Å². The van der Waals surface area contributed by atoms with Crippen LogP contribution < -0.4 is 10.1 Å². The maximum absolute atomic E-state index is 6.12. The Morgan fingerprint density at radius 2 is 1.89 bits per heavy atom. The minimum absolute atomic E-state index is 0.278. The Bertz CT molecular complexity index is 1530. The molecule has 2 aliphatic rings. The summed E-state index contributed by atoms with van der Waals surface area (Å²) in [5.74, 6) is 1.77. The van der Waals surface area contributed by atoms with E-state index in [1.165, 1.54) is 22.4 Å². The molecule has 1 aliphatic carbocycles. The van der Waals surface area contributed by atoms with Gasteiger partial charge in [0.1, 0.15) is 12.4 Å². The second-order valence-electron chi connectivity index (χ2n) is 10.0. The van der Waals surface area contributed by atoms with Crippen LogP contribution in [0.25, 0.3) is 0 Å². The average molecular weight is 584 g/mol. The van der Waals surface area contributed by atoms with Crippen LogP contribution >= 0.6 is 27.5 Å². The molecule has 1 N–H and O–H groups in total. The zero-order chi connectivity index (χ0) is 26.1. The van der Waals surface area contributed by atoms with Gasteiger partial charge in [-0.15, -0.1) is 0 Å². The summed E-state index contributed by atoms with van der Waals surface area (Å²) in [5, 5.41) is 4.53. The van der Waals surface area contributed by atoms with Gasteiger partial charge in [-0.05, 0) is 84.5 Å². The first-order chi connectivity index (χ1) is 18.5. The zero-order valence-electron chi connectivity index (χ0n) is 21.1. The molecule has 5 heteroatoms. The summed E-state index contributed by atoms with van der Waals surface area (Å²) >= 11 is 9.69. The van der Waals surface area contributed by atoms with Crippen LogP contribution in [0, 0.1) is 12.8 Å². The second-order valence-corrected chi connectivity index (χ2v) is 11.4. The molecule has 0 saturated carbocycles. The lowest BCUT2D eigenvalue weighted by Gasteiger charge is -2.37. The van der Waals surface area contributed by atoms with Gasteiger partial charge in [-0.25, -0.2) is 0 Å². The molecule has 0 unspecified atom stereocenters. The Balaban J connectivity index is 1.19. The second kappa shape index (κ2) is 10.8. The molecule has 0 fully saturated rings. The van der Waals surface area contributed by atoms with E-state index in [0.717, 1.165) is 33.5 Å². The van der Waals surface area contributed by atoms with E-state index in [9.17, 15) is 0 Å². The first-order valence-electron chi connectivity index (χ1n) is 12.9. The first-order valence-corrected chi connectivity index (χ1v) is 14.1. The van der Waals surface area contributed by atoms with Crippen LogP contribution in [0.5, 0.6) is 5.75 Å². The number of fused-ring (bicyclic) bond motifs is 3. The summed E-state index contributed by atoms with van der Waals surface area (Å²) in [5.41, 5.74) is 8.11. The number of rotatable bonds is 6. The van der Waals surface area contributed by atoms with Gasteiger partial charge >= 0.3 is 0 Å². The summed E-state index contributed by atoms with van der Waals surface area (Å²) in [6.07, 6.45) is 7.68. The van der Waals surface area contributed by atoms with Gasteiger partial charge in [-0.3, -0.25) is 4.99 Å². The Morgan fingerprint density at radius 1 is 1.03 bits per heavy atom. The smallest absolute Gasteiger partial charge is 0.128 e. The van der Waals surface area contributed by atoms with Gasteiger partial charge < -0.3 is 10.1 Å². The molecule has 0 radical (unpaired) electrons. The van der Waals surface area contributed by atoms with Crippen LogP contribution in [0.4, 0.5) is 11.4 Å². The van der Waals surface area contributed by atoms with Gasteiger partial charge in [0.25, 0.3) is 0 Å². The van der Waals surface area contributed by atoms with E-state index >= 15 is 0 Å². The number of hydrogen-bond acceptors (Lipinski definition) is 3. The Labute approximate surface area is 237 Å². The third kappa shape index (κ3) is 5.29. The number of aryl methyl sites for hydroxylation is 1. The highest BCUT2D eigenvalue weighted by molar-refractivity contribution is 9.10. The van der Waals surface area contributed by atoms with Crippen LogP contribution in [-0.2, 0) is 6.61 Å².